The van der Waals surface area contributed by atoms with Gasteiger partial charge in [-0.15, -0.1) is 0 Å². The molecule has 1 aromatic heterocycles. The zero-order chi connectivity index (χ0) is 16.0. The summed E-state index contributed by atoms with van der Waals surface area (Å²) in [4.78, 5) is 24.2. The summed E-state index contributed by atoms with van der Waals surface area (Å²) in [7, 11) is 1.65. The molecule has 0 aromatic carbocycles. The topological polar surface area (TPSA) is 90.5 Å². The standard InChI is InChI=1S/C13H22N4O4/c1-5-8-10-12(17(19)20)13(15(4)14-10)16(6-2)9-11(18)21-7-3/h5-9H2,1-4H3. The molecule has 1 rings (SSSR count). The summed E-state index contributed by atoms with van der Waals surface area (Å²) in [5.41, 5.74) is 0.424. The van der Waals surface area contributed by atoms with Crippen LogP contribution in [0.2, 0.25) is 0 Å². The first kappa shape index (κ1) is 16.9. The van der Waals surface area contributed by atoms with E-state index in [0.717, 1.165) is 6.42 Å². The summed E-state index contributed by atoms with van der Waals surface area (Å²) >= 11 is 0. The number of hydrogen-bond acceptors (Lipinski definition) is 6. The number of nitro groups is 1. The van der Waals surface area contributed by atoms with E-state index in [-0.39, 0.29) is 18.8 Å². The second kappa shape index (κ2) is 7.61. The number of carbonyl (C=O) groups is 1. The summed E-state index contributed by atoms with van der Waals surface area (Å²) in [5, 5.41) is 15.6. The van der Waals surface area contributed by atoms with Gasteiger partial charge in [0.1, 0.15) is 12.2 Å². The second-order valence-corrected chi connectivity index (χ2v) is 4.57. The number of aryl methyl sites for hydroxylation is 2. The van der Waals surface area contributed by atoms with E-state index in [4.69, 9.17) is 4.74 Å². The lowest BCUT2D eigenvalue weighted by atomic mass is 10.2. The average Bonchev–Trinajstić information content (AvgIpc) is 2.73. The lowest BCUT2D eigenvalue weighted by Crippen LogP contribution is -2.32. The number of esters is 1. The van der Waals surface area contributed by atoms with Crippen molar-refractivity contribution in [3.8, 4) is 0 Å². The molecule has 0 unspecified atom stereocenters. The molecular formula is C13H22N4O4. The average molecular weight is 298 g/mol. The molecule has 118 valence electrons. The Morgan fingerprint density at radius 2 is 2.10 bits per heavy atom. The quantitative estimate of drug-likeness (QED) is 0.412. The fourth-order valence-corrected chi connectivity index (χ4v) is 2.20. The zero-order valence-electron chi connectivity index (χ0n) is 13.0. The van der Waals surface area contributed by atoms with Crippen molar-refractivity contribution in [1.82, 2.24) is 9.78 Å². The Hall–Kier alpha value is -2.12. The van der Waals surface area contributed by atoms with Gasteiger partial charge in [0.25, 0.3) is 0 Å². The van der Waals surface area contributed by atoms with E-state index < -0.39 is 10.9 Å². The first-order valence-electron chi connectivity index (χ1n) is 7.06. The van der Waals surface area contributed by atoms with E-state index in [1.165, 1.54) is 4.68 Å². The molecule has 0 radical (unpaired) electrons. The summed E-state index contributed by atoms with van der Waals surface area (Å²) in [6.45, 7) is 6.19. The van der Waals surface area contributed by atoms with Crippen molar-refractivity contribution < 1.29 is 14.5 Å². The molecule has 8 heteroatoms. The van der Waals surface area contributed by atoms with Gasteiger partial charge in [-0.05, 0) is 20.3 Å². The Morgan fingerprint density at radius 3 is 2.57 bits per heavy atom. The molecule has 1 aromatic rings. The largest absolute Gasteiger partial charge is 0.465 e. The van der Waals surface area contributed by atoms with Crippen LogP contribution in [-0.2, 0) is 23.0 Å². The number of nitrogens with zero attached hydrogens (tertiary/aromatic N) is 4. The van der Waals surface area contributed by atoms with E-state index in [9.17, 15) is 14.9 Å². The molecular weight excluding hydrogens is 276 g/mol. The zero-order valence-corrected chi connectivity index (χ0v) is 13.0. The van der Waals surface area contributed by atoms with Crippen LogP contribution in [0, 0.1) is 10.1 Å². The summed E-state index contributed by atoms with van der Waals surface area (Å²) in [6.07, 6.45) is 1.29. The van der Waals surface area contributed by atoms with Crippen LogP contribution in [-0.4, -0.2) is 40.4 Å². The third-order valence-electron chi connectivity index (χ3n) is 3.04. The number of ether oxygens (including phenoxy) is 1. The van der Waals surface area contributed by atoms with E-state index in [2.05, 4.69) is 5.10 Å². The molecule has 0 bridgehead atoms. The minimum Gasteiger partial charge on any atom is -0.465 e. The van der Waals surface area contributed by atoms with Gasteiger partial charge in [0.05, 0.1) is 11.5 Å². The third-order valence-corrected chi connectivity index (χ3v) is 3.04. The Bertz CT molecular complexity index is 513. The molecule has 0 amide bonds. The maximum absolute atomic E-state index is 11.6. The predicted octanol–water partition coefficient (Wildman–Crippen LogP) is 1.67. The molecule has 8 nitrogen and oxygen atoms in total. The van der Waals surface area contributed by atoms with E-state index >= 15 is 0 Å². The maximum atomic E-state index is 11.6. The van der Waals surface area contributed by atoms with Gasteiger partial charge in [-0.2, -0.15) is 5.10 Å². The van der Waals surface area contributed by atoms with Crippen LogP contribution in [0.3, 0.4) is 0 Å². The van der Waals surface area contributed by atoms with Crippen LogP contribution in [0.5, 0.6) is 0 Å². The van der Waals surface area contributed by atoms with Crippen LogP contribution >= 0.6 is 0 Å². The van der Waals surface area contributed by atoms with Crippen LogP contribution in [0.1, 0.15) is 32.9 Å². The molecule has 0 aliphatic rings. The number of anilines is 1. The molecule has 1 heterocycles. The Kier molecular flexibility index (Phi) is 6.13. The summed E-state index contributed by atoms with van der Waals surface area (Å²) in [6, 6.07) is 0. The number of carbonyl (C=O) groups excluding carboxylic acids is 1. The summed E-state index contributed by atoms with van der Waals surface area (Å²) in [5.74, 6) is -0.0640. The van der Waals surface area contributed by atoms with Crippen molar-refractivity contribution in [2.75, 3.05) is 24.6 Å². The second-order valence-electron chi connectivity index (χ2n) is 4.57. The van der Waals surface area contributed by atoms with E-state index in [1.807, 2.05) is 13.8 Å². The SMILES string of the molecule is CCCc1nn(C)c(N(CC)CC(=O)OCC)c1[N+](=O)[O-]. The first-order chi connectivity index (χ1) is 9.96. The monoisotopic (exact) mass is 298 g/mol. The van der Waals surface area contributed by atoms with Gasteiger partial charge >= 0.3 is 11.7 Å². The van der Waals surface area contributed by atoms with Gasteiger partial charge in [-0.25, -0.2) is 4.68 Å². The number of aromatic nitrogens is 2. The molecule has 21 heavy (non-hydrogen) atoms. The van der Waals surface area contributed by atoms with Gasteiger partial charge in [0, 0.05) is 13.6 Å². The van der Waals surface area contributed by atoms with Crippen molar-refractivity contribution in [2.24, 2.45) is 7.05 Å². The predicted molar refractivity (Wildman–Crippen MR) is 78.4 cm³/mol. The van der Waals surface area contributed by atoms with Crippen molar-refractivity contribution in [2.45, 2.75) is 33.6 Å². The summed E-state index contributed by atoms with van der Waals surface area (Å²) < 4.78 is 6.37. The van der Waals surface area contributed by atoms with E-state index in [1.54, 1.807) is 18.9 Å². The molecule has 0 fully saturated rings. The molecule has 0 aliphatic carbocycles. The molecule has 0 saturated carbocycles. The fraction of sp³-hybridized carbons (Fsp3) is 0.692. The fourth-order valence-electron chi connectivity index (χ4n) is 2.20. The number of rotatable bonds is 8. The maximum Gasteiger partial charge on any atom is 0.334 e. The third kappa shape index (κ3) is 3.93. The molecule has 0 aliphatic heterocycles. The number of hydrogen-bond donors (Lipinski definition) is 0. The highest BCUT2D eigenvalue weighted by molar-refractivity contribution is 5.77. The van der Waals surface area contributed by atoms with Crippen LogP contribution in [0.4, 0.5) is 11.5 Å². The van der Waals surface area contributed by atoms with Crippen molar-refractivity contribution >= 4 is 17.5 Å². The molecule has 0 saturated heterocycles. The molecule has 0 N–H and O–H groups in total. The molecule has 0 atom stereocenters. The Balaban J connectivity index is 3.18. The van der Waals surface area contributed by atoms with E-state index in [0.29, 0.717) is 24.5 Å². The van der Waals surface area contributed by atoms with Gasteiger partial charge in [-0.1, -0.05) is 13.3 Å². The van der Waals surface area contributed by atoms with Gasteiger partial charge in [-0.3, -0.25) is 14.9 Å². The Morgan fingerprint density at radius 1 is 1.43 bits per heavy atom. The minimum atomic E-state index is -0.429. The van der Waals surface area contributed by atoms with Gasteiger partial charge < -0.3 is 9.64 Å². The first-order valence-corrected chi connectivity index (χ1v) is 7.06. The molecule has 0 spiro atoms. The lowest BCUT2D eigenvalue weighted by molar-refractivity contribution is -0.384. The Labute approximate surface area is 123 Å². The number of likely N-dealkylation sites (N-methyl/N-ethyl adjacent to an activating group) is 1. The van der Waals surface area contributed by atoms with Crippen LogP contribution in [0.15, 0.2) is 0 Å². The highest BCUT2D eigenvalue weighted by Gasteiger charge is 2.30. The smallest absolute Gasteiger partial charge is 0.334 e. The minimum absolute atomic E-state index is 0.0227. The highest BCUT2D eigenvalue weighted by Crippen LogP contribution is 2.32. The normalized spacial score (nSPS) is 10.5. The van der Waals surface area contributed by atoms with Gasteiger partial charge in [0.15, 0.2) is 0 Å². The van der Waals surface area contributed by atoms with Crippen molar-refractivity contribution in [1.29, 1.82) is 0 Å². The van der Waals surface area contributed by atoms with Crippen molar-refractivity contribution in [3.63, 3.8) is 0 Å². The highest BCUT2D eigenvalue weighted by atomic mass is 16.6. The van der Waals surface area contributed by atoms with Gasteiger partial charge in [0.2, 0.25) is 5.82 Å². The van der Waals surface area contributed by atoms with Crippen LogP contribution < -0.4 is 4.90 Å². The lowest BCUT2D eigenvalue weighted by Gasteiger charge is -2.20. The van der Waals surface area contributed by atoms with Crippen LogP contribution in [0.25, 0.3) is 0 Å². The van der Waals surface area contributed by atoms with Crippen molar-refractivity contribution in [3.05, 3.63) is 15.8 Å².